The van der Waals surface area contributed by atoms with Gasteiger partial charge in [0.05, 0.1) is 30.2 Å². The largest absolute Gasteiger partial charge is 0.493 e. The Bertz CT molecular complexity index is 1640. The van der Waals surface area contributed by atoms with E-state index in [1.807, 2.05) is 25.1 Å². The summed E-state index contributed by atoms with van der Waals surface area (Å²) in [7, 11) is 1.78. The number of ether oxygens (including phenoxy) is 2. The van der Waals surface area contributed by atoms with E-state index in [4.69, 9.17) is 14.6 Å². The topological polar surface area (TPSA) is 106 Å². The second-order valence-corrected chi connectivity index (χ2v) is 9.94. The second-order valence-electron chi connectivity index (χ2n) is 9.94. The molecular weight excluding hydrogens is 546 g/mol. The van der Waals surface area contributed by atoms with Gasteiger partial charge in [0.2, 0.25) is 0 Å². The molecule has 0 radical (unpaired) electrons. The van der Waals surface area contributed by atoms with E-state index in [1.165, 1.54) is 23.1 Å². The van der Waals surface area contributed by atoms with Gasteiger partial charge in [-0.05, 0) is 43.3 Å². The smallest absolute Gasteiger partial charge is 0.335 e. The van der Waals surface area contributed by atoms with Crippen LogP contribution in [0.15, 0.2) is 60.7 Å². The Morgan fingerprint density at radius 3 is 2.71 bits per heavy atom. The predicted octanol–water partition coefficient (Wildman–Crippen LogP) is 5.04. The number of benzene rings is 3. The van der Waals surface area contributed by atoms with Crippen LogP contribution in [0.25, 0.3) is 11.3 Å². The highest BCUT2D eigenvalue weighted by Gasteiger charge is 2.29. The summed E-state index contributed by atoms with van der Waals surface area (Å²) >= 11 is 0. The third-order valence-electron chi connectivity index (χ3n) is 7.04. The van der Waals surface area contributed by atoms with Crippen molar-refractivity contribution >= 4 is 17.6 Å². The molecule has 1 aromatic heterocycles. The lowest BCUT2D eigenvalue weighted by Crippen LogP contribution is -2.35. The standard InChI is InChI=1S/C31H30F2N4O5/c1-19-7-10-27-23(15-19)29-22(11-13-42-27)28(35-36(29)2)30(38)37(17-21-5-3-4-6-24(21)32)12-14-41-18-34-26-16-20(31(39)40)8-9-25(26)33/h3-10,15-16,34H,11-14,17-18H2,1-2H3,(H,39,40). The summed E-state index contributed by atoms with van der Waals surface area (Å²) in [5.74, 6) is -1.92. The van der Waals surface area contributed by atoms with Crippen LogP contribution in [0.3, 0.4) is 0 Å². The molecule has 0 bridgehead atoms. The highest BCUT2D eigenvalue weighted by molar-refractivity contribution is 5.96. The summed E-state index contributed by atoms with van der Waals surface area (Å²) in [5, 5.41) is 16.5. The molecule has 2 N–H and O–H groups in total. The molecule has 0 fully saturated rings. The monoisotopic (exact) mass is 576 g/mol. The van der Waals surface area contributed by atoms with Gasteiger partial charge in [0.15, 0.2) is 5.69 Å². The van der Waals surface area contributed by atoms with Crippen molar-refractivity contribution in [3.63, 3.8) is 0 Å². The number of aromatic carboxylic acids is 1. The zero-order valence-corrected chi connectivity index (χ0v) is 23.2. The van der Waals surface area contributed by atoms with Crippen molar-refractivity contribution in [1.29, 1.82) is 0 Å². The molecule has 0 saturated carbocycles. The Morgan fingerprint density at radius 2 is 1.93 bits per heavy atom. The fourth-order valence-electron chi connectivity index (χ4n) is 4.94. The average molecular weight is 577 g/mol. The summed E-state index contributed by atoms with van der Waals surface area (Å²) in [5.41, 5.74) is 3.94. The van der Waals surface area contributed by atoms with Crippen molar-refractivity contribution < 1.29 is 33.0 Å². The number of nitrogens with one attached hydrogen (secondary N) is 1. The van der Waals surface area contributed by atoms with E-state index >= 15 is 0 Å². The molecule has 5 rings (SSSR count). The first-order valence-electron chi connectivity index (χ1n) is 13.4. The number of carboxylic acid groups (broad SMARTS) is 1. The van der Waals surface area contributed by atoms with E-state index in [1.54, 1.807) is 29.9 Å². The van der Waals surface area contributed by atoms with Crippen molar-refractivity contribution in [1.82, 2.24) is 14.7 Å². The number of carbonyl (C=O) groups is 2. The molecule has 4 aromatic rings. The highest BCUT2D eigenvalue weighted by atomic mass is 19.1. The van der Waals surface area contributed by atoms with Crippen LogP contribution in [0.5, 0.6) is 5.75 Å². The number of aryl methyl sites for hydroxylation is 2. The Morgan fingerprint density at radius 1 is 1.12 bits per heavy atom. The number of carboxylic acids is 1. The maximum atomic E-state index is 14.6. The molecule has 11 heteroatoms. The molecule has 0 saturated heterocycles. The molecule has 9 nitrogen and oxygen atoms in total. The van der Waals surface area contributed by atoms with Crippen molar-refractivity contribution in [2.75, 3.05) is 31.8 Å². The van der Waals surface area contributed by atoms with E-state index in [2.05, 4.69) is 10.4 Å². The minimum Gasteiger partial charge on any atom is -0.493 e. The number of carbonyl (C=O) groups excluding carboxylic acids is 1. The molecule has 0 unspecified atom stereocenters. The number of anilines is 1. The van der Waals surface area contributed by atoms with Crippen LogP contribution in [0, 0.1) is 18.6 Å². The maximum Gasteiger partial charge on any atom is 0.335 e. The van der Waals surface area contributed by atoms with Gasteiger partial charge in [0.25, 0.3) is 5.91 Å². The van der Waals surface area contributed by atoms with Gasteiger partial charge >= 0.3 is 5.97 Å². The van der Waals surface area contributed by atoms with Crippen LogP contribution in [0.4, 0.5) is 14.5 Å². The second kappa shape index (κ2) is 12.4. The Balaban J connectivity index is 1.35. The average Bonchev–Trinajstić information content (AvgIpc) is 3.17. The summed E-state index contributed by atoms with van der Waals surface area (Å²) < 4.78 is 42.0. The third kappa shape index (κ3) is 6.10. The first-order chi connectivity index (χ1) is 20.2. The van der Waals surface area contributed by atoms with Gasteiger partial charge in [-0.15, -0.1) is 0 Å². The number of amides is 1. The van der Waals surface area contributed by atoms with Gasteiger partial charge in [-0.1, -0.05) is 29.8 Å². The molecule has 1 aliphatic rings. The van der Waals surface area contributed by atoms with Crippen molar-refractivity contribution in [3.05, 3.63) is 100 Å². The molecule has 0 aliphatic carbocycles. The lowest BCUT2D eigenvalue weighted by molar-refractivity contribution is 0.0636. The number of halogens is 2. The molecule has 1 aliphatic heterocycles. The van der Waals surface area contributed by atoms with Gasteiger partial charge in [0.1, 0.15) is 24.1 Å². The van der Waals surface area contributed by atoms with Crippen molar-refractivity contribution in [3.8, 4) is 17.0 Å². The first-order valence-corrected chi connectivity index (χ1v) is 13.4. The van der Waals surface area contributed by atoms with Crippen LogP contribution in [0.1, 0.15) is 37.5 Å². The number of rotatable bonds is 10. The number of nitrogens with zero attached hydrogens (tertiary/aromatic N) is 3. The van der Waals surface area contributed by atoms with Gasteiger partial charge < -0.3 is 24.8 Å². The molecule has 2 heterocycles. The molecule has 0 atom stereocenters. The summed E-state index contributed by atoms with van der Waals surface area (Å²) in [6.07, 6.45) is 0.465. The maximum absolute atomic E-state index is 14.6. The van der Waals surface area contributed by atoms with Crippen molar-refractivity contribution in [2.45, 2.75) is 19.9 Å². The Hall–Kier alpha value is -4.77. The van der Waals surface area contributed by atoms with E-state index in [0.717, 1.165) is 34.2 Å². The zero-order valence-electron chi connectivity index (χ0n) is 23.2. The normalized spacial score (nSPS) is 12.1. The minimum absolute atomic E-state index is 0.0187. The molecule has 218 valence electrons. The molecule has 3 aromatic carbocycles. The summed E-state index contributed by atoms with van der Waals surface area (Å²) in [6.45, 7) is 2.31. The van der Waals surface area contributed by atoms with Crippen LogP contribution in [0.2, 0.25) is 0 Å². The van der Waals surface area contributed by atoms with Crippen LogP contribution >= 0.6 is 0 Å². The van der Waals surface area contributed by atoms with Gasteiger partial charge in [-0.3, -0.25) is 9.48 Å². The van der Waals surface area contributed by atoms with Gasteiger partial charge in [0, 0.05) is 43.2 Å². The fraction of sp³-hybridized carbons (Fsp3) is 0.258. The number of aromatic nitrogens is 2. The number of hydrogen-bond donors (Lipinski definition) is 2. The molecule has 42 heavy (non-hydrogen) atoms. The lowest BCUT2D eigenvalue weighted by atomic mass is 10.0. The SMILES string of the molecule is Cc1ccc2c(c1)-c1c(c(C(=O)N(CCOCNc3cc(C(=O)O)ccc3F)Cc3ccccc3F)nn1C)CCO2. The van der Waals surface area contributed by atoms with Crippen LogP contribution in [-0.2, 0) is 24.8 Å². The third-order valence-corrected chi connectivity index (χ3v) is 7.04. The van der Waals surface area contributed by atoms with E-state index < -0.39 is 17.6 Å². The minimum atomic E-state index is -1.18. The number of fused-ring (bicyclic) bond motifs is 3. The highest BCUT2D eigenvalue weighted by Crippen LogP contribution is 2.37. The summed E-state index contributed by atoms with van der Waals surface area (Å²) in [4.78, 5) is 26.6. The van der Waals surface area contributed by atoms with Crippen LogP contribution < -0.4 is 10.1 Å². The quantitative estimate of drug-likeness (QED) is 0.201. The van der Waals surface area contributed by atoms with Crippen molar-refractivity contribution in [2.24, 2.45) is 7.05 Å². The first kappa shape index (κ1) is 28.7. The van der Waals surface area contributed by atoms with Gasteiger partial charge in [-0.25, -0.2) is 13.6 Å². The van der Waals surface area contributed by atoms with E-state index in [9.17, 15) is 18.4 Å². The van der Waals surface area contributed by atoms with Gasteiger partial charge in [-0.2, -0.15) is 5.10 Å². The predicted molar refractivity (Wildman–Crippen MR) is 152 cm³/mol. The summed E-state index contributed by atoms with van der Waals surface area (Å²) in [6, 6.07) is 15.5. The van der Waals surface area contributed by atoms with E-state index in [-0.39, 0.29) is 49.3 Å². The zero-order chi connectivity index (χ0) is 29.8. The molecular formula is C31H30F2N4O5. The Kier molecular flexibility index (Phi) is 8.48. The van der Waals surface area contributed by atoms with Crippen LogP contribution in [-0.4, -0.2) is 58.2 Å². The van der Waals surface area contributed by atoms with E-state index in [0.29, 0.717) is 18.6 Å². The lowest BCUT2D eigenvalue weighted by Gasteiger charge is -2.23. The fourth-order valence-corrected chi connectivity index (χ4v) is 4.94. The molecule has 0 spiro atoms. The Labute approximate surface area is 241 Å². The molecule has 1 amide bonds. The number of hydrogen-bond acceptors (Lipinski definition) is 6.